The van der Waals surface area contributed by atoms with Gasteiger partial charge in [-0.25, -0.2) is 15.0 Å². The number of aliphatic hydroxyl groups excluding tert-OH is 1. The SMILES string of the molecule is CCCc1nc2sc3c(N(CC)CCO)ncnc3c2c2c1CCC2. The zero-order valence-electron chi connectivity index (χ0n) is 14.9. The largest absolute Gasteiger partial charge is 0.395 e. The molecule has 1 aliphatic rings. The lowest BCUT2D eigenvalue weighted by Gasteiger charge is -2.20. The summed E-state index contributed by atoms with van der Waals surface area (Å²) < 4.78 is 1.10. The molecule has 0 saturated carbocycles. The maximum Gasteiger partial charge on any atom is 0.150 e. The highest BCUT2D eigenvalue weighted by Gasteiger charge is 2.24. The summed E-state index contributed by atoms with van der Waals surface area (Å²) >= 11 is 1.70. The number of aromatic nitrogens is 3. The average Bonchev–Trinajstić information content (AvgIpc) is 3.23. The molecule has 0 unspecified atom stereocenters. The summed E-state index contributed by atoms with van der Waals surface area (Å²) in [6.07, 6.45) is 7.33. The van der Waals surface area contributed by atoms with E-state index in [0.29, 0.717) is 6.54 Å². The fourth-order valence-corrected chi connectivity index (χ4v) is 5.16. The fourth-order valence-electron chi connectivity index (χ4n) is 3.97. The standard InChI is InChI=1S/C19H24N4OS/c1-3-6-14-12-7-5-8-13(12)15-16-17(25-19(15)22-14)18(21-11-20-16)23(4-2)9-10-24/h11,24H,3-10H2,1-2H3. The molecular formula is C19H24N4OS. The summed E-state index contributed by atoms with van der Waals surface area (Å²) in [6.45, 7) is 5.83. The second-order valence-corrected chi connectivity index (χ2v) is 7.58. The Morgan fingerprint density at radius 1 is 1.20 bits per heavy atom. The number of hydrogen-bond donors (Lipinski definition) is 1. The first-order valence-corrected chi connectivity index (χ1v) is 10.0. The maximum absolute atomic E-state index is 9.37. The van der Waals surface area contributed by atoms with Crippen molar-refractivity contribution in [1.82, 2.24) is 15.0 Å². The van der Waals surface area contributed by atoms with Crippen molar-refractivity contribution in [2.24, 2.45) is 0 Å². The smallest absolute Gasteiger partial charge is 0.150 e. The van der Waals surface area contributed by atoms with Crippen molar-refractivity contribution >= 4 is 37.6 Å². The Morgan fingerprint density at radius 3 is 2.80 bits per heavy atom. The Hall–Kier alpha value is -1.79. The minimum absolute atomic E-state index is 0.124. The maximum atomic E-state index is 9.37. The molecule has 3 aromatic heterocycles. The molecular weight excluding hydrogens is 332 g/mol. The van der Waals surface area contributed by atoms with Crippen LogP contribution in [-0.4, -0.2) is 39.8 Å². The molecule has 0 amide bonds. The highest BCUT2D eigenvalue weighted by atomic mass is 32.1. The van der Waals surface area contributed by atoms with Gasteiger partial charge in [-0.2, -0.15) is 0 Å². The number of hydrogen-bond acceptors (Lipinski definition) is 6. The van der Waals surface area contributed by atoms with Crippen molar-refractivity contribution in [2.45, 2.75) is 46.0 Å². The Bertz CT molecular complexity index is 921. The molecule has 3 heterocycles. The molecule has 4 rings (SSSR count). The van der Waals surface area contributed by atoms with Gasteiger partial charge >= 0.3 is 0 Å². The van der Waals surface area contributed by atoms with E-state index in [1.165, 1.54) is 28.6 Å². The normalized spacial score (nSPS) is 13.7. The fraction of sp³-hybridized carbons (Fsp3) is 0.526. The molecule has 132 valence electrons. The van der Waals surface area contributed by atoms with Crippen molar-refractivity contribution in [2.75, 3.05) is 24.6 Å². The van der Waals surface area contributed by atoms with Gasteiger partial charge in [0.1, 0.15) is 17.0 Å². The highest BCUT2D eigenvalue weighted by molar-refractivity contribution is 7.26. The topological polar surface area (TPSA) is 62.1 Å². The van der Waals surface area contributed by atoms with Gasteiger partial charge < -0.3 is 10.0 Å². The van der Waals surface area contributed by atoms with Crippen molar-refractivity contribution < 1.29 is 5.11 Å². The predicted octanol–water partition coefficient (Wildman–Crippen LogP) is 3.50. The molecule has 0 spiro atoms. The van der Waals surface area contributed by atoms with Crippen LogP contribution in [0.5, 0.6) is 0 Å². The first kappa shape index (κ1) is 16.7. The zero-order valence-corrected chi connectivity index (χ0v) is 15.7. The number of aliphatic hydroxyl groups is 1. The van der Waals surface area contributed by atoms with Crippen molar-refractivity contribution in [3.8, 4) is 0 Å². The van der Waals surface area contributed by atoms with E-state index in [1.54, 1.807) is 17.7 Å². The molecule has 0 aromatic carbocycles. The van der Waals surface area contributed by atoms with E-state index >= 15 is 0 Å². The van der Waals surface area contributed by atoms with E-state index < -0.39 is 0 Å². The molecule has 5 nitrogen and oxygen atoms in total. The van der Waals surface area contributed by atoms with Crippen molar-refractivity contribution in [3.63, 3.8) is 0 Å². The number of fused-ring (bicyclic) bond motifs is 5. The highest BCUT2D eigenvalue weighted by Crippen LogP contribution is 2.42. The van der Waals surface area contributed by atoms with Crippen LogP contribution < -0.4 is 4.90 Å². The molecule has 25 heavy (non-hydrogen) atoms. The second kappa shape index (κ2) is 6.84. The Kier molecular flexibility index (Phi) is 4.56. The molecule has 0 aliphatic heterocycles. The number of nitrogens with zero attached hydrogens (tertiary/aromatic N) is 4. The van der Waals surface area contributed by atoms with Gasteiger partial charge in [-0.05, 0) is 43.7 Å². The van der Waals surface area contributed by atoms with Crippen LogP contribution in [0.15, 0.2) is 6.33 Å². The van der Waals surface area contributed by atoms with Crippen LogP contribution in [0.2, 0.25) is 0 Å². The van der Waals surface area contributed by atoms with Crippen LogP contribution in [-0.2, 0) is 19.3 Å². The molecule has 0 atom stereocenters. The zero-order chi connectivity index (χ0) is 17.4. The summed E-state index contributed by atoms with van der Waals surface area (Å²) in [6, 6.07) is 0. The Morgan fingerprint density at radius 2 is 2.04 bits per heavy atom. The van der Waals surface area contributed by atoms with Gasteiger partial charge in [0.05, 0.1) is 16.8 Å². The van der Waals surface area contributed by atoms with E-state index in [0.717, 1.165) is 53.1 Å². The Balaban J connectivity index is 1.99. The summed E-state index contributed by atoms with van der Waals surface area (Å²) in [5.41, 5.74) is 5.26. The summed E-state index contributed by atoms with van der Waals surface area (Å²) in [4.78, 5) is 17.4. The van der Waals surface area contributed by atoms with Crippen molar-refractivity contribution in [1.29, 1.82) is 0 Å². The van der Waals surface area contributed by atoms with Crippen molar-refractivity contribution in [3.05, 3.63) is 23.1 Å². The Labute approximate surface area is 151 Å². The molecule has 3 aromatic rings. The van der Waals surface area contributed by atoms with Gasteiger partial charge in [-0.1, -0.05) is 13.3 Å². The molecule has 6 heteroatoms. The average molecular weight is 356 g/mol. The molecule has 0 bridgehead atoms. The summed E-state index contributed by atoms with van der Waals surface area (Å²) in [7, 11) is 0. The van der Waals surface area contributed by atoms with Crippen LogP contribution >= 0.6 is 11.3 Å². The van der Waals surface area contributed by atoms with Crippen LogP contribution in [0.4, 0.5) is 5.82 Å². The van der Waals surface area contributed by atoms with Gasteiger partial charge in [0.2, 0.25) is 0 Å². The number of anilines is 1. The lowest BCUT2D eigenvalue weighted by Crippen LogP contribution is -2.27. The van der Waals surface area contributed by atoms with Crippen LogP contribution in [0, 0.1) is 0 Å². The minimum Gasteiger partial charge on any atom is -0.395 e. The van der Waals surface area contributed by atoms with Gasteiger partial charge in [-0.15, -0.1) is 11.3 Å². The van der Waals surface area contributed by atoms with E-state index in [1.807, 2.05) is 0 Å². The summed E-state index contributed by atoms with van der Waals surface area (Å²) in [5, 5.41) is 10.6. The summed E-state index contributed by atoms with van der Waals surface area (Å²) in [5.74, 6) is 0.924. The number of aryl methyl sites for hydroxylation is 2. The lowest BCUT2D eigenvalue weighted by atomic mass is 10.0. The number of pyridine rings is 1. The third-order valence-electron chi connectivity index (χ3n) is 5.08. The molecule has 0 radical (unpaired) electrons. The van der Waals surface area contributed by atoms with Crippen LogP contribution in [0.3, 0.4) is 0 Å². The van der Waals surface area contributed by atoms with Crippen LogP contribution in [0.25, 0.3) is 20.4 Å². The molecule has 1 aliphatic carbocycles. The van der Waals surface area contributed by atoms with E-state index in [4.69, 9.17) is 4.98 Å². The molecule has 0 saturated heterocycles. The second-order valence-electron chi connectivity index (χ2n) is 6.58. The third kappa shape index (κ3) is 2.68. The minimum atomic E-state index is 0.124. The molecule has 0 fully saturated rings. The van der Waals surface area contributed by atoms with Gasteiger partial charge in [0, 0.05) is 24.2 Å². The first-order chi connectivity index (χ1) is 12.3. The third-order valence-corrected chi connectivity index (χ3v) is 6.15. The number of likely N-dealkylation sites (N-methyl/N-ethyl adjacent to an activating group) is 1. The van der Waals surface area contributed by atoms with Gasteiger partial charge in [0.25, 0.3) is 0 Å². The monoisotopic (exact) mass is 356 g/mol. The van der Waals surface area contributed by atoms with E-state index in [-0.39, 0.29) is 6.61 Å². The quantitative estimate of drug-likeness (QED) is 0.732. The van der Waals surface area contributed by atoms with Gasteiger partial charge in [0.15, 0.2) is 0 Å². The molecule has 1 N–H and O–H groups in total. The number of rotatable bonds is 6. The first-order valence-electron chi connectivity index (χ1n) is 9.22. The van der Waals surface area contributed by atoms with E-state index in [2.05, 4.69) is 28.7 Å². The predicted molar refractivity (Wildman–Crippen MR) is 104 cm³/mol. The number of thiophene rings is 1. The van der Waals surface area contributed by atoms with Crippen LogP contribution in [0.1, 0.15) is 43.5 Å². The lowest BCUT2D eigenvalue weighted by molar-refractivity contribution is 0.302. The van der Waals surface area contributed by atoms with E-state index in [9.17, 15) is 5.11 Å². The van der Waals surface area contributed by atoms with Gasteiger partial charge in [-0.3, -0.25) is 0 Å².